The molecule has 9 heteroatoms. The van der Waals surface area contributed by atoms with Crippen molar-refractivity contribution < 1.29 is 14.1 Å². The lowest BCUT2D eigenvalue weighted by atomic mass is 9.97. The molecule has 0 bridgehead atoms. The molecule has 5 rings (SSSR count). The molecule has 0 aliphatic carbocycles. The molecule has 2 aliphatic rings. The molecule has 0 radical (unpaired) electrons. The van der Waals surface area contributed by atoms with Crippen LogP contribution in [-0.2, 0) is 29.2 Å². The fourth-order valence-corrected chi connectivity index (χ4v) is 5.08. The number of hydrogen-bond donors (Lipinski definition) is 1. The Morgan fingerprint density at radius 1 is 1.06 bits per heavy atom. The van der Waals surface area contributed by atoms with Gasteiger partial charge in [0, 0.05) is 38.2 Å². The van der Waals surface area contributed by atoms with Crippen LogP contribution >= 0.6 is 11.6 Å². The van der Waals surface area contributed by atoms with Gasteiger partial charge in [0.25, 0.3) is 0 Å². The van der Waals surface area contributed by atoms with E-state index in [2.05, 4.69) is 20.4 Å². The number of rotatable bonds is 8. The van der Waals surface area contributed by atoms with E-state index in [0.29, 0.717) is 49.3 Å². The molecule has 0 spiro atoms. The van der Waals surface area contributed by atoms with E-state index >= 15 is 0 Å². The molecule has 3 heterocycles. The van der Waals surface area contributed by atoms with Crippen molar-refractivity contribution in [3.63, 3.8) is 0 Å². The lowest BCUT2D eigenvalue weighted by Crippen LogP contribution is -2.42. The van der Waals surface area contributed by atoms with Gasteiger partial charge in [-0.1, -0.05) is 53.2 Å². The molecule has 3 aromatic rings. The maximum atomic E-state index is 12.9. The van der Waals surface area contributed by atoms with Gasteiger partial charge in [-0.2, -0.15) is 4.98 Å². The normalized spacial score (nSPS) is 18.5. The van der Waals surface area contributed by atoms with Crippen molar-refractivity contribution in [3.05, 3.63) is 70.6 Å². The average molecular weight is 508 g/mol. The number of carbonyl (C=O) groups is 2. The number of piperidine rings is 1. The molecule has 0 saturated carbocycles. The molecule has 2 saturated heterocycles. The zero-order chi connectivity index (χ0) is 24.9. The maximum Gasteiger partial charge on any atom is 0.241 e. The lowest BCUT2D eigenvalue weighted by molar-refractivity contribution is -0.128. The maximum absolute atomic E-state index is 12.9. The number of benzene rings is 2. The molecule has 36 heavy (non-hydrogen) atoms. The van der Waals surface area contributed by atoms with Gasteiger partial charge in [-0.25, -0.2) is 0 Å². The van der Waals surface area contributed by atoms with E-state index in [4.69, 9.17) is 16.1 Å². The summed E-state index contributed by atoms with van der Waals surface area (Å²) in [5, 5.41) is 7.74. The number of carbonyl (C=O) groups excluding carboxylic acids is 2. The van der Waals surface area contributed by atoms with Gasteiger partial charge in [-0.15, -0.1) is 0 Å². The van der Waals surface area contributed by atoms with Gasteiger partial charge in [0.1, 0.15) is 0 Å². The highest BCUT2D eigenvalue weighted by atomic mass is 35.5. The Labute approximate surface area is 215 Å². The first kappa shape index (κ1) is 24.5. The van der Waals surface area contributed by atoms with Crippen LogP contribution in [0.3, 0.4) is 0 Å². The first-order valence-corrected chi connectivity index (χ1v) is 12.9. The highest BCUT2D eigenvalue weighted by molar-refractivity contribution is 6.33. The predicted octanol–water partition coefficient (Wildman–Crippen LogP) is 4.04. The summed E-state index contributed by atoms with van der Waals surface area (Å²) >= 11 is 6.24. The molecule has 2 amide bonds. The molecule has 1 unspecified atom stereocenters. The van der Waals surface area contributed by atoms with Crippen molar-refractivity contribution in [2.75, 3.05) is 19.6 Å². The highest BCUT2D eigenvalue weighted by Crippen LogP contribution is 2.26. The summed E-state index contributed by atoms with van der Waals surface area (Å²) in [5.74, 6) is 1.20. The van der Waals surface area contributed by atoms with E-state index in [1.54, 1.807) is 6.07 Å². The van der Waals surface area contributed by atoms with Crippen LogP contribution in [0.5, 0.6) is 0 Å². The summed E-state index contributed by atoms with van der Waals surface area (Å²) in [6, 6.07) is 15.5. The molecule has 1 N–H and O–H groups in total. The van der Waals surface area contributed by atoms with Crippen LogP contribution in [0.1, 0.15) is 42.7 Å². The highest BCUT2D eigenvalue weighted by Gasteiger charge is 2.27. The van der Waals surface area contributed by atoms with E-state index < -0.39 is 0 Å². The van der Waals surface area contributed by atoms with E-state index in [9.17, 15) is 9.59 Å². The lowest BCUT2D eigenvalue weighted by Gasteiger charge is -2.30. The molecule has 2 aromatic carbocycles. The van der Waals surface area contributed by atoms with Crippen LogP contribution in [0.4, 0.5) is 0 Å². The monoisotopic (exact) mass is 507 g/mol. The summed E-state index contributed by atoms with van der Waals surface area (Å²) in [6.45, 7) is 4.02. The van der Waals surface area contributed by atoms with Gasteiger partial charge < -0.3 is 14.7 Å². The second-order valence-corrected chi connectivity index (χ2v) is 9.93. The van der Waals surface area contributed by atoms with Crippen LogP contribution < -0.4 is 5.32 Å². The van der Waals surface area contributed by atoms with Crippen LogP contribution in [0.15, 0.2) is 53.1 Å². The Morgan fingerprint density at radius 2 is 1.86 bits per heavy atom. The third kappa shape index (κ3) is 5.94. The number of halogens is 1. The molecule has 188 valence electrons. The van der Waals surface area contributed by atoms with E-state index in [0.717, 1.165) is 49.0 Å². The Hall–Kier alpha value is -3.23. The average Bonchev–Trinajstić information content (AvgIpc) is 3.52. The van der Waals surface area contributed by atoms with E-state index in [-0.39, 0.29) is 17.7 Å². The SMILES string of the molecule is O=C(NCc1ccc(CN2CCCC2=O)cc1)C1CCCN(Cc2nc(-c3ccccc3Cl)no2)C1. The number of nitrogens with one attached hydrogen (secondary N) is 1. The molecule has 1 aromatic heterocycles. The van der Waals surface area contributed by atoms with Crippen molar-refractivity contribution in [1.29, 1.82) is 0 Å². The Balaban J connectivity index is 1.10. The minimum atomic E-state index is -0.0786. The van der Waals surface area contributed by atoms with Gasteiger partial charge in [-0.05, 0) is 49.1 Å². The van der Waals surface area contributed by atoms with Crippen LogP contribution in [-0.4, -0.2) is 51.4 Å². The second kappa shape index (κ2) is 11.2. The number of nitrogens with zero attached hydrogens (tertiary/aromatic N) is 4. The summed E-state index contributed by atoms with van der Waals surface area (Å²) in [7, 11) is 0. The number of hydrogen-bond acceptors (Lipinski definition) is 6. The van der Waals surface area contributed by atoms with Crippen molar-refractivity contribution >= 4 is 23.4 Å². The van der Waals surface area contributed by atoms with Gasteiger partial charge in [0.15, 0.2) is 0 Å². The van der Waals surface area contributed by atoms with Crippen molar-refractivity contribution in [2.45, 2.75) is 45.3 Å². The summed E-state index contributed by atoms with van der Waals surface area (Å²) < 4.78 is 5.45. The third-order valence-electron chi connectivity index (χ3n) is 6.85. The van der Waals surface area contributed by atoms with E-state index in [1.165, 1.54) is 0 Å². The van der Waals surface area contributed by atoms with Crippen LogP contribution in [0.2, 0.25) is 5.02 Å². The van der Waals surface area contributed by atoms with Crippen molar-refractivity contribution in [1.82, 2.24) is 25.3 Å². The second-order valence-electron chi connectivity index (χ2n) is 9.52. The number of likely N-dealkylation sites (tertiary alicyclic amines) is 2. The fraction of sp³-hybridized carbons (Fsp3) is 0.407. The zero-order valence-electron chi connectivity index (χ0n) is 20.2. The van der Waals surface area contributed by atoms with Gasteiger partial charge in [0.05, 0.1) is 17.5 Å². The van der Waals surface area contributed by atoms with Gasteiger partial charge in [0.2, 0.25) is 23.5 Å². The first-order valence-electron chi connectivity index (χ1n) is 12.5. The molecule has 2 fully saturated rings. The standard InChI is InChI=1S/C27H30ClN5O3/c28-23-7-2-1-6-22(23)26-30-24(36-31-26)18-32-13-3-5-21(17-32)27(35)29-15-19-9-11-20(12-10-19)16-33-14-4-8-25(33)34/h1-2,6-7,9-12,21H,3-5,8,13-18H2,(H,29,35). The molecular weight excluding hydrogens is 478 g/mol. The smallest absolute Gasteiger partial charge is 0.241 e. The minimum absolute atomic E-state index is 0.0636. The number of amides is 2. The molecule has 1 atom stereocenters. The summed E-state index contributed by atoms with van der Waals surface area (Å²) in [4.78, 5) is 33.3. The number of aromatic nitrogens is 2. The van der Waals surface area contributed by atoms with Gasteiger partial charge >= 0.3 is 0 Å². The Kier molecular flexibility index (Phi) is 7.63. The largest absolute Gasteiger partial charge is 0.352 e. The fourth-order valence-electron chi connectivity index (χ4n) is 4.86. The topological polar surface area (TPSA) is 91.6 Å². The molecular formula is C27H30ClN5O3. The molecule has 2 aliphatic heterocycles. The Morgan fingerprint density at radius 3 is 2.64 bits per heavy atom. The summed E-state index contributed by atoms with van der Waals surface area (Å²) in [5.41, 5.74) is 2.90. The predicted molar refractivity (Wildman–Crippen MR) is 136 cm³/mol. The summed E-state index contributed by atoms with van der Waals surface area (Å²) in [6.07, 6.45) is 3.40. The van der Waals surface area contributed by atoms with Crippen LogP contribution in [0.25, 0.3) is 11.4 Å². The minimum Gasteiger partial charge on any atom is -0.352 e. The zero-order valence-corrected chi connectivity index (χ0v) is 20.9. The molecule has 8 nitrogen and oxygen atoms in total. The Bertz CT molecular complexity index is 1210. The first-order chi connectivity index (χ1) is 17.5. The third-order valence-corrected chi connectivity index (χ3v) is 7.18. The van der Waals surface area contributed by atoms with Crippen LogP contribution in [0, 0.1) is 5.92 Å². The van der Waals surface area contributed by atoms with Crippen molar-refractivity contribution in [2.24, 2.45) is 5.92 Å². The van der Waals surface area contributed by atoms with Gasteiger partial charge in [-0.3, -0.25) is 14.5 Å². The van der Waals surface area contributed by atoms with E-state index in [1.807, 2.05) is 47.4 Å². The van der Waals surface area contributed by atoms with Crippen molar-refractivity contribution in [3.8, 4) is 11.4 Å². The quantitative estimate of drug-likeness (QED) is 0.494.